The van der Waals surface area contributed by atoms with Gasteiger partial charge >= 0.3 is 0 Å². The molecule has 1 aliphatic heterocycles. The van der Waals surface area contributed by atoms with Crippen molar-refractivity contribution in [2.75, 3.05) is 38.8 Å². The monoisotopic (exact) mass is 421 g/mol. The summed E-state index contributed by atoms with van der Waals surface area (Å²) in [7, 11) is 0.813. The molecule has 0 aliphatic carbocycles. The van der Waals surface area contributed by atoms with Crippen molar-refractivity contribution in [2.45, 2.75) is 39.3 Å². The van der Waals surface area contributed by atoms with Gasteiger partial charge in [-0.25, -0.2) is 8.42 Å². The molecule has 2 aromatic rings. The predicted molar refractivity (Wildman–Crippen MR) is 113 cm³/mol. The number of benzene rings is 1. The fourth-order valence-electron chi connectivity index (χ4n) is 3.80. The summed E-state index contributed by atoms with van der Waals surface area (Å²) in [5.41, 5.74) is 3.24. The van der Waals surface area contributed by atoms with Crippen LogP contribution in [0.4, 0.5) is 0 Å². The van der Waals surface area contributed by atoms with Crippen molar-refractivity contribution >= 4 is 9.84 Å². The van der Waals surface area contributed by atoms with E-state index >= 15 is 0 Å². The highest BCUT2D eigenvalue weighted by Crippen LogP contribution is 2.27. The SMILES string of the molecule is COc1ccc(OCCCN(C)Cc2c(C)nn([C@@H]3CCS(=O)(=O)C3)c2C)cc1. The van der Waals surface area contributed by atoms with Crippen LogP contribution in [0.15, 0.2) is 24.3 Å². The Hall–Kier alpha value is -2.06. The van der Waals surface area contributed by atoms with Crippen molar-refractivity contribution in [3.63, 3.8) is 0 Å². The highest BCUT2D eigenvalue weighted by Gasteiger charge is 2.31. The maximum atomic E-state index is 11.8. The number of hydrogen-bond donors (Lipinski definition) is 0. The third kappa shape index (κ3) is 5.51. The Morgan fingerprint density at radius 1 is 1.21 bits per heavy atom. The van der Waals surface area contributed by atoms with Gasteiger partial charge < -0.3 is 14.4 Å². The second-order valence-corrected chi connectivity index (χ2v) is 9.99. The van der Waals surface area contributed by atoms with Crippen molar-refractivity contribution in [3.8, 4) is 11.5 Å². The van der Waals surface area contributed by atoms with Crippen LogP contribution >= 0.6 is 0 Å². The van der Waals surface area contributed by atoms with E-state index < -0.39 is 9.84 Å². The number of sulfone groups is 1. The Morgan fingerprint density at radius 2 is 1.90 bits per heavy atom. The minimum Gasteiger partial charge on any atom is -0.497 e. The summed E-state index contributed by atoms with van der Waals surface area (Å²) in [5, 5.41) is 4.65. The lowest BCUT2D eigenvalue weighted by atomic mass is 10.1. The molecule has 0 unspecified atom stereocenters. The first-order chi connectivity index (χ1) is 13.8. The van der Waals surface area contributed by atoms with E-state index in [4.69, 9.17) is 9.47 Å². The van der Waals surface area contributed by atoms with Crippen LogP contribution in [0, 0.1) is 13.8 Å². The van der Waals surface area contributed by atoms with Gasteiger partial charge in [0.1, 0.15) is 11.5 Å². The Morgan fingerprint density at radius 3 is 2.52 bits per heavy atom. The molecule has 0 amide bonds. The summed E-state index contributed by atoms with van der Waals surface area (Å²) in [6, 6.07) is 7.57. The van der Waals surface area contributed by atoms with Crippen molar-refractivity contribution in [2.24, 2.45) is 0 Å². The molecule has 0 radical (unpaired) electrons. The molecule has 7 nitrogen and oxygen atoms in total. The molecule has 0 spiro atoms. The lowest BCUT2D eigenvalue weighted by molar-refractivity contribution is 0.258. The van der Waals surface area contributed by atoms with Crippen molar-refractivity contribution < 1.29 is 17.9 Å². The summed E-state index contributed by atoms with van der Waals surface area (Å²) >= 11 is 0. The van der Waals surface area contributed by atoms with Gasteiger partial charge in [0.05, 0.1) is 37.0 Å². The van der Waals surface area contributed by atoms with Crippen LogP contribution in [0.2, 0.25) is 0 Å². The van der Waals surface area contributed by atoms with Crippen LogP contribution in [0.25, 0.3) is 0 Å². The van der Waals surface area contributed by atoms with E-state index in [1.165, 1.54) is 5.56 Å². The fourth-order valence-corrected chi connectivity index (χ4v) is 5.49. The lowest BCUT2D eigenvalue weighted by Gasteiger charge is -2.18. The normalized spacial score (nSPS) is 18.3. The molecule has 160 valence electrons. The van der Waals surface area contributed by atoms with Crippen molar-refractivity contribution in [3.05, 3.63) is 41.2 Å². The standard InChI is InChI=1S/C21H31N3O4S/c1-16-21(17(2)24(22-16)18-10-13-29(25,26)15-18)14-23(3)11-5-12-28-20-8-6-19(27-4)7-9-20/h6-9,18H,5,10-15H2,1-4H3/t18-/m1/s1. The van der Waals surface area contributed by atoms with Gasteiger partial charge in [-0.05, 0) is 58.0 Å². The van der Waals surface area contributed by atoms with E-state index in [-0.39, 0.29) is 17.5 Å². The number of aromatic nitrogens is 2. The van der Waals surface area contributed by atoms with Crippen LogP contribution < -0.4 is 9.47 Å². The zero-order chi connectivity index (χ0) is 21.0. The van der Waals surface area contributed by atoms with E-state index in [2.05, 4.69) is 17.0 Å². The molecule has 29 heavy (non-hydrogen) atoms. The van der Waals surface area contributed by atoms with Crippen LogP contribution in [0.5, 0.6) is 11.5 Å². The van der Waals surface area contributed by atoms with Gasteiger partial charge in [0.15, 0.2) is 9.84 Å². The topological polar surface area (TPSA) is 73.7 Å². The number of rotatable bonds is 9. The maximum Gasteiger partial charge on any atom is 0.152 e. The molecule has 0 N–H and O–H groups in total. The van der Waals surface area contributed by atoms with Crippen LogP contribution in [-0.2, 0) is 16.4 Å². The van der Waals surface area contributed by atoms with Crippen molar-refractivity contribution in [1.82, 2.24) is 14.7 Å². The Bertz CT molecular complexity index is 922. The first-order valence-electron chi connectivity index (χ1n) is 9.99. The number of nitrogens with zero attached hydrogens (tertiary/aromatic N) is 3. The molecule has 1 atom stereocenters. The summed E-state index contributed by atoms with van der Waals surface area (Å²) in [6.07, 6.45) is 1.57. The first kappa shape index (κ1) is 21.6. The first-order valence-corrected chi connectivity index (χ1v) is 11.8. The molecule has 1 aromatic carbocycles. The zero-order valence-electron chi connectivity index (χ0n) is 17.7. The largest absolute Gasteiger partial charge is 0.497 e. The van der Waals surface area contributed by atoms with Gasteiger partial charge in [0, 0.05) is 24.3 Å². The number of aryl methyl sites for hydroxylation is 1. The maximum absolute atomic E-state index is 11.8. The third-order valence-corrected chi connectivity index (χ3v) is 7.22. The van der Waals surface area contributed by atoms with Gasteiger partial charge in [0.2, 0.25) is 0 Å². The molecule has 3 rings (SSSR count). The van der Waals surface area contributed by atoms with Crippen LogP contribution in [0.3, 0.4) is 0 Å². The number of hydrogen-bond acceptors (Lipinski definition) is 6. The molecular weight excluding hydrogens is 390 g/mol. The molecular formula is C21H31N3O4S. The molecule has 1 saturated heterocycles. The van der Waals surface area contributed by atoms with E-state index in [0.717, 1.165) is 42.4 Å². The van der Waals surface area contributed by atoms with Gasteiger partial charge in [-0.15, -0.1) is 0 Å². The van der Waals surface area contributed by atoms with E-state index in [0.29, 0.717) is 13.0 Å². The van der Waals surface area contributed by atoms with E-state index in [1.807, 2.05) is 42.8 Å². The molecule has 1 fully saturated rings. The van der Waals surface area contributed by atoms with Gasteiger partial charge in [-0.2, -0.15) is 5.10 Å². The minimum atomic E-state index is -2.92. The molecule has 8 heteroatoms. The second kappa shape index (κ2) is 9.17. The minimum absolute atomic E-state index is 0.0318. The Kier molecular flexibility index (Phi) is 6.85. The summed E-state index contributed by atoms with van der Waals surface area (Å²) < 4.78 is 36.5. The average molecular weight is 422 g/mol. The summed E-state index contributed by atoms with van der Waals surface area (Å²) in [4.78, 5) is 2.25. The quantitative estimate of drug-likeness (QED) is 0.580. The lowest BCUT2D eigenvalue weighted by Crippen LogP contribution is -2.21. The second-order valence-electron chi connectivity index (χ2n) is 7.77. The Labute approximate surface area is 173 Å². The van der Waals surface area contributed by atoms with Gasteiger partial charge in [-0.1, -0.05) is 0 Å². The fraction of sp³-hybridized carbons (Fsp3) is 0.571. The van der Waals surface area contributed by atoms with E-state index in [1.54, 1.807) is 7.11 Å². The zero-order valence-corrected chi connectivity index (χ0v) is 18.5. The van der Waals surface area contributed by atoms with Gasteiger partial charge in [0.25, 0.3) is 0 Å². The molecule has 0 saturated carbocycles. The summed E-state index contributed by atoms with van der Waals surface area (Å²) in [5.74, 6) is 2.12. The summed E-state index contributed by atoms with van der Waals surface area (Å²) in [6.45, 7) is 6.38. The molecule has 1 aromatic heterocycles. The Balaban J connectivity index is 1.49. The molecule has 1 aliphatic rings. The van der Waals surface area contributed by atoms with Gasteiger partial charge in [-0.3, -0.25) is 4.68 Å². The van der Waals surface area contributed by atoms with E-state index in [9.17, 15) is 8.42 Å². The van der Waals surface area contributed by atoms with Crippen molar-refractivity contribution in [1.29, 1.82) is 0 Å². The number of methoxy groups -OCH3 is 1. The predicted octanol–water partition coefficient (Wildman–Crippen LogP) is 2.77. The average Bonchev–Trinajstić information content (AvgIpc) is 3.19. The molecule has 2 heterocycles. The number of ether oxygens (including phenoxy) is 2. The highest BCUT2D eigenvalue weighted by atomic mass is 32.2. The smallest absolute Gasteiger partial charge is 0.152 e. The van der Waals surface area contributed by atoms with Crippen LogP contribution in [-0.4, -0.2) is 61.9 Å². The highest BCUT2D eigenvalue weighted by molar-refractivity contribution is 7.91. The third-order valence-electron chi connectivity index (χ3n) is 5.47. The van der Waals surface area contributed by atoms with Crippen LogP contribution in [0.1, 0.15) is 35.8 Å². The molecule has 0 bridgehead atoms.